The summed E-state index contributed by atoms with van der Waals surface area (Å²) in [6, 6.07) is 16.7. The average molecular weight is 453 g/mol. The van der Waals surface area contributed by atoms with E-state index in [4.69, 9.17) is 49.0 Å². The van der Waals surface area contributed by atoms with Gasteiger partial charge in [-0.2, -0.15) is 0 Å². The zero-order valence-electron chi connectivity index (χ0n) is 16.0. The van der Waals surface area contributed by atoms with Crippen molar-refractivity contribution >= 4 is 40.5 Å². The molecule has 3 rings (SSSR count). The predicted octanol–water partition coefficient (Wildman–Crippen LogP) is 6.86. The second-order valence-corrected chi connectivity index (χ2v) is 7.48. The van der Waals surface area contributed by atoms with E-state index in [2.05, 4.69) is 5.32 Å². The first-order chi connectivity index (χ1) is 14.0. The van der Waals surface area contributed by atoms with E-state index in [-0.39, 0.29) is 0 Å². The van der Waals surface area contributed by atoms with Crippen molar-refractivity contribution in [1.29, 1.82) is 0 Å². The molecule has 3 aromatic rings. The van der Waals surface area contributed by atoms with Crippen molar-refractivity contribution < 1.29 is 14.2 Å². The fourth-order valence-corrected chi connectivity index (χ4v) is 3.54. The Balaban J connectivity index is 1.71. The van der Waals surface area contributed by atoms with E-state index in [9.17, 15) is 0 Å². The molecule has 0 fully saturated rings. The molecule has 0 spiro atoms. The summed E-state index contributed by atoms with van der Waals surface area (Å²) in [5.41, 5.74) is 2.75. The highest BCUT2D eigenvalue weighted by Gasteiger charge is 2.13. The highest BCUT2D eigenvalue weighted by molar-refractivity contribution is 6.32. The molecule has 4 nitrogen and oxygen atoms in total. The summed E-state index contributed by atoms with van der Waals surface area (Å²) < 4.78 is 16.5. The Labute approximate surface area is 185 Å². The molecule has 152 valence electrons. The predicted molar refractivity (Wildman–Crippen MR) is 119 cm³/mol. The minimum atomic E-state index is 0.332. The zero-order chi connectivity index (χ0) is 20.8. The van der Waals surface area contributed by atoms with Gasteiger partial charge in [0.1, 0.15) is 12.4 Å². The first-order valence-corrected chi connectivity index (χ1v) is 9.94. The molecule has 0 atom stereocenters. The Hall–Kier alpha value is -2.27. The van der Waals surface area contributed by atoms with E-state index in [0.29, 0.717) is 45.5 Å². The number of methoxy groups -OCH3 is 2. The van der Waals surface area contributed by atoms with Gasteiger partial charge >= 0.3 is 0 Å². The number of halogens is 3. The Morgan fingerprint density at radius 3 is 2.28 bits per heavy atom. The van der Waals surface area contributed by atoms with E-state index in [1.807, 2.05) is 54.6 Å². The van der Waals surface area contributed by atoms with Crippen LogP contribution in [-0.2, 0) is 13.2 Å². The Morgan fingerprint density at radius 2 is 1.59 bits per heavy atom. The summed E-state index contributed by atoms with van der Waals surface area (Å²) >= 11 is 18.7. The lowest BCUT2D eigenvalue weighted by molar-refractivity contribution is 0.284. The number of ether oxygens (including phenoxy) is 3. The fraction of sp³-hybridized carbons (Fsp3) is 0.182. The molecule has 0 bridgehead atoms. The third kappa shape index (κ3) is 5.63. The largest absolute Gasteiger partial charge is 0.495 e. The van der Waals surface area contributed by atoms with Gasteiger partial charge in [-0.1, -0.05) is 46.9 Å². The smallest absolute Gasteiger partial charge is 0.180 e. The summed E-state index contributed by atoms with van der Waals surface area (Å²) in [5.74, 6) is 1.68. The molecule has 0 saturated heterocycles. The van der Waals surface area contributed by atoms with Gasteiger partial charge in [-0.05, 0) is 53.6 Å². The summed E-state index contributed by atoms with van der Waals surface area (Å²) in [6.45, 7) is 0.867. The molecule has 0 aliphatic heterocycles. The van der Waals surface area contributed by atoms with Gasteiger partial charge in [-0.3, -0.25) is 0 Å². The summed E-state index contributed by atoms with van der Waals surface area (Å²) in [6.07, 6.45) is 0. The van der Waals surface area contributed by atoms with Gasteiger partial charge < -0.3 is 19.5 Å². The fourth-order valence-electron chi connectivity index (χ4n) is 2.78. The van der Waals surface area contributed by atoms with Crippen LogP contribution < -0.4 is 19.5 Å². The Bertz CT molecular complexity index is 995. The minimum absolute atomic E-state index is 0.332. The van der Waals surface area contributed by atoms with Crippen LogP contribution in [0.1, 0.15) is 11.1 Å². The first-order valence-electron chi connectivity index (χ1n) is 8.81. The molecular weight excluding hydrogens is 433 g/mol. The molecule has 0 aliphatic carbocycles. The van der Waals surface area contributed by atoms with Crippen molar-refractivity contribution in [3.05, 3.63) is 80.8 Å². The summed E-state index contributed by atoms with van der Waals surface area (Å²) in [5, 5.41) is 4.97. The van der Waals surface area contributed by atoms with Crippen molar-refractivity contribution in [2.24, 2.45) is 0 Å². The molecule has 0 aromatic heterocycles. The zero-order valence-corrected chi connectivity index (χ0v) is 18.2. The van der Waals surface area contributed by atoms with Gasteiger partial charge in [0.15, 0.2) is 11.5 Å². The van der Waals surface area contributed by atoms with Gasteiger partial charge in [-0.15, -0.1) is 0 Å². The number of nitrogens with one attached hydrogen (secondary N) is 1. The van der Waals surface area contributed by atoms with Gasteiger partial charge in [0, 0.05) is 17.3 Å². The molecule has 0 unspecified atom stereocenters. The van der Waals surface area contributed by atoms with Crippen molar-refractivity contribution in [3.8, 4) is 17.2 Å². The molecule has 1 N–H and O–H groups in total. The van der Waals surface area contributed by atoms with Crippen molar-refractivity contribution in [3.63, 3.8) is 0 Å². The highest BCUT2D eigenvalue weighted by Crippen LogP contribution is 2.37. The third-order valence-electron chi connectivity index (χ3n) is 4.21. The maximum absolute atomic E-state index is 6.46. The number of rotatable bonds is 8. The van der Waals surface area contributed by atoms with E-state index < -0.39 is 0 Å². The topological polar surface area (TPSA) is 39.7 Å². The number of hydrogen-bond acceptors (Lipinski definition) is 4. The van der Waals surface area contributed by atoms with E-state index in [1.165, 1.54) is 0 Å². The van der Waals surface area contributed by atoms with Crippen LogP contribution in [0.5, 0.6) is 17.2 Å². The quantitative estimate of drug-likeness (QED) is 0.405. The van der Waals surface area contributed by atoms with Gasteiger partial charge in [0.25, 0.3) is 0 Å². The summed E-state index contributed by atoms with van der Waals surface area (Å²) in [7, 11) is 3.16. The van der Waals surface area contributed by atoms with Gasteiger partial charge in [0.2, 0.25) is 0 Å². The first kappa shape index (κ1) is 21.4. The molecule has 29 heavy (non-hydrogen) atoms. The Kier molecular flexibility index (Phi) is 7.37. The third-order valence-corrected chi connectivity index (χ3v) is 5.02. The maximum atomic E-state index is 6.46. The average Bonchev–Trinajstić information content (AvgIpc) is 2.71. The van der Waals surface area contributed by atoms with E-state index >= 15 is 0 Å². The van der Waals surface area contributed by atoms with Crippen molar-refractivity contribution in [2.75, 3.05) is 19.5 Å². The van der Waals surface area contributed by atoms with Crippen molar-refractivity contribution in [1.82, 2.24) is 0 Å². The molecule has 7 heteroatoms. The molecular formula is C22H20Cl3NO3. The standard InChI is InChI=1S/C22H20Cl3NO3/c1-27-20-7-6-17(11-18(20)24)26-12-15-9-19(25)22(21(10-15)28-2)29-13-14-4-3-5-16(23)8-14/h3-11,26H,12-13H2,1-2H3. The van der Waals surface area contributed by atoms with Crippen LogP contribution in [0.4, 0.5) is 5.69 Å². The SMILES string of the molecule is COc1ccc(NCc2cc(Cl)c(OCc3cccc(Cl)c3)c(OC)c2)cc1Cl. The maximum Gasteiger partial charge on any atom is 0.180 e. The van der Waals surface area contributed by atoms with Crippen LogP contribution in [0.25, 0.3) is 0 Å². The molecule has 0 aliphatic rings. The lowest BCUT2D eigenvalue weighted by atomic mass is 10.2. The lowest BCUT2D eigenvalue weighted by Crippen LogP contribution is -2.03. The van der Waals surface area contributed by atoms with E-state index in [0.717, 1.165) is 16.8 Å². The van der Waals surface area contributed by atoms with Crippen molar-refractivity contribution in [2.45, 2.75) is 13.2 Å². The molecule has 0 saturated carbocycles. The number of anilines is 1. The van der Waals surface area contributed by atoms with Crippen LogP contribution in [0.3, 0.4) is 0 Å². The summed E-state index contributed by atoms with van der Waals surface area (Å²) in [4.78, 5) is 0. The van der Waals surface area contributed by atoms with E-state index in [1.54, 1.807) is 14.2 Å². The van der Waals surface area contributed by atoms with Crippen LogP contribution in [0.2, 0.25) is 15.1 Å². The van der Waals surface area contributed by atoms with Crippen LogP contribution in [-0.4, -0.2) is 14.2 Å². The Morgan fingerprint density at radius 1 is 0.793 bits per heavy atom. The van der Waals surface area contributed by atoms with Crippen LogP contribution in [0.15, 0.2) is 54.6 Å². The normalized spacial score (nSPS) is 10.5. The van der Waals surface area contributed by atoms with Gasteiger partial charge in [0.05, 0.1) is 24.3 Å². The highest BCUT2D eigenvalue weighted by atomic mass is 35.5. The van der Waals surface area contributed by atoms with Crippen LogP contribution >= 0.6 is 34.8 Å². The second-order valence-electron chi connectivity index (χ2n) is 6.23. The van der Waals surface area contributed by atoms with Gasteiger partial charge in [-0.25, -0.2) is 0 Å². The molecule has 0 amide bonds. The molecule has 0 heterocycles. The second kappa shape index (κ2) is 9.97. The number of benzene rings is 3. The number of hydrogen-bond donors (Lipinski definition) is 1. The molecule has 3 aromatic carbocycles. The van der Waals surface area contributed by atoms with Crippen LogP contribution in [0, 0.1) is 0 Å². The minimum Gasteiger partial charge on any atom is -0.495 e. The monoisotopic (exact) mass is 451 g/mol. The molecule has 0 radical (unpaired) electrons. The lowest BCUT2D eigenvalue weighted by Gasteiger charge is -2.15.